The lowest BCUT2D eigenvalue weighted by Crippen LogP contribution is -2.47. The lowest BCUT2D eigenvalue weighted by atomic mass is 10.2. The zero-order valence-corrected chi connectivity index (χ0v) is 13.2. The molecule has 2 rings (SSSR count). The molecular formula is C13H13Cl2N3OS. The first-order valence-corrected chi connectivity index (χ1v) is 7.63. The fraction of sp³-hybridized carbons (Fsp3) is 0.385. The van der Waals surface area contributed by atoms with Crippen LogP contribution in [0.15, 0.2) is 17.0 Å². The number of nitrogens with zero attached hydrogens (tertiary/aromatic N) is 3. The number of piperazine rings is 1. The molecule has 106 valence electrons. The number of nitriles is 1. The van der Waals surface area contributed by atoms with Gasteiger partial charge in [0.1, 0.15) is 5.40 Å². The highest BCUT2D eigenvalue weighted by Gasteiger charge is 2.22. The molecule has 4 nitrogen and oxygen atoms in total. The van der Waals surface area contributed by atoms with Crippen molar-refractivity contribution in [1.29, 1.82) is 5.26 Å². The highest BCUT2D eigenvalue weighted by Crippen LogP contribution is 2.35. The number of thioether (sulfide) groups is 1. The number of carbonyl (C=O) groups is 1. The van der Waals surface area contributed by atoms with Crippen LogP contribution in [-0.2, 0) is 0 Å². The molecule has 7 heteroatoms. The molecule has 0 aliphatic carbocycles. The quantitative estimate of drug-likeness (QED) is 0.618. The summed E-state index contributed by atoms with van der Waals surface area (Å²) in [5, 5.41) is 11.3. The van der Waals surface area contributed by atoms with Crippen molar-refractivity contribution in [2.24, 2.45) is 0 Å². The second kappa shape index (κ2) is 6.68. The third-order valence-electron chi connectivity index (χ3n) is 3.18. The number of halogens is 2. The van der Waals surface area contributed by atoms with Crippen LogP contribution in [0.5, 0.6) is 0 Å². The van der Waals surface area contributed by atoms with E-state index in [1.54, 1.807) is 17.0 Å². The molecule has 1 fully saturated rings. The first-order valence-electron chi connectivity index (χ1n) is 6.05. The topological polar surface area (TPSA) is 47.3 Å². The van der Waals surface area contributed by atoms with Crippen LogP contribution in [0.4, 0.5) is 0 Å². The summed E-state index contributed by atoms with van der Waals surface area (Å²) in [4.78, 5) is 16.9. The van der Waals surface area contributed by atoms with Crippen LogP contribution >= 0.6 is 35.0 Å². The Morgan fingerprint density at radius 3 is 2.30 bits per heavy atom. The van der Waals surface area contributed by atoms with E-state index in [-0.39, 0.29) is 5.91 Å². The minimum Gasteiger partial charge on any atom is -0.336 e. The van der Waals surface area contributed by atoms with Crippen LogP contribution in [-0.4, -0.2) is 48.9 Å². The first kappa shape index (κ1) is 15.5. The van der Waals surface area contributed by atoms with Crippen molar-refractivity contribution in [2.75, 3.05) is 33.2 Å². The van der Waals surface area contributed by atoms with Crippen molar-refractivity contribution in [3.8, 4) is 5.40 Å². The summed E-state index contributed by atoms with van der Waals surface area (Å²) in [6, 6.07) is 3.15. The molecule has 20 heavy (non-hydrogen) atoms. The van der Waals surface area contributed by atoms with Gasteiger partial charge in [-0.1, -0.05) is 23.2 Å². The fourth-order valence-corrected chi connectivity index (χ4v) is 3.14. The SMILES string of the molecule is CN1CCN(C(=O)c2cc(Cl)c(SC#N)c(Cl)c2)CC1. The number of hydrogen-bond donors (Lipinski definition) is 0. The maximum Gasteiger partial charge on any atom is 0.254 e. The van der Waals surface area contributed by atoms with E-state index in [2.05, 4.69) is 4.90 Å². The molecule has 1 amide bonds. The Bertz CT molecular complexity index is 542. The maximum absolute atomic E-state index is 12.4. The number of rotatable bonds is 2. The van der Waals surface area contributed by atoms with Gasteiger partial charge in [0.15, 0.2) is 0 Å². The second-order valence-electron chi connectivity index (χ2n) is 4.56. The Kier molecular flexibility index (Phi) is 5.17. The normalized spacial score (nSPS) is 16.0. The number of amides is 1. The van der Waals surface area contributed by atoms with Crippen molar-refractivity contribution in [2.45, 2.75) is 4.90 Å². The maximum atomic E-state index is 12.4. The van der Waals surface area contributed by atoms with Crippen LogP contribution in [0.25, 0.3) is 0 Å². The molecular weight excluding hydrogens is 317 g/mol. The zero-order valence-electron chi connectivity index (χ0n) is 10.9. The minimum atomic E-state index is -0.0737. The van der Waals surface area contributed by atoms with Gasteiger partial charge in [-0.05, 0) is 30.9 Å². The van der Waals surface area contributed by atoms with Crippen LogP contribution in [0.1, 0.15) is 10.4 Å². The van der Waals surface area contributed by atoms with Gasteiger partial charge >= 0.3 is 0 Å². The summed E-state index contributed by atoms with van der Waals surface area (Å²) in [6.07, 6.45) is 0. The van der Waals surface area contributed by atoms with Gasteiger partial charge in [0.25, 0.3) is 5.91 Å². The smallest absolute Gasteiger partial charge is 0.254 e. The third kappa shape index (κ3) is 3.39. The Morgan fingerprint density at radius 2 is 1.80 bits per heavy atom. The number of benzene rings is 1. The average molecular weight is 330 g/mol. The summed E-state index contributed by atoms with van der Waals surface area (Å²) >= 11 is 13.1. The van der Waals surface area contributed by atoms with Crippen LogP contribution in [0, 0.1) is 10.7 Å². The van der Waals surface area contributed by atoms with E-state index >= 15 is 0 Å². The van der Waals surface area contributed by atoms with E-state index in [0.29, 0.717) is 33.6 Å². The van der Waals surface area contributed by atoms with Crippen LogP contribution in [0.3, 0.4) is 0 Å². The van der Waals surface area contributed by atoms with Crippen molar-refractivity contribution in [3.05, 3.63) is 27.7 Å². The first-order chi connectivity index (χ1) is 9.52. The van der Waals surface area contributed by atoms with E-state index in [9.17, 15) is 4.79 Å². The molecule has 0 atom stereocenters. The van der Waals surface area contributed by atoms with Gasteiger partial charge in [0, 0.05) is 31.7 Å². The minimum absolute atomic E-state index is 0.0737. The average Bonchev–Trinajstić information content (AvgIpc) is 2.42. The molecule has 0 N–H and O–H groups in total. The van der Waals surface area contributed by atoms with Crippen molar-refractivity contribution in [3.63, 3.8) is 0 Å². The van der Waals surface area contributed by atoms with Gasteiger partial charge in [-0.3, -0.25) is 4.79 Å². The molecule has 0 saturated carbocycles. The summed E-state index contributed by atoms with van der Waals surface area (Å²) < 4.78 is 0. The monoisotopic (exact) mass is 329 g/mol. The molecule has 0 unspecified atom stereocenters. The van der Waals surface area contributed by atoms with Crippen molar-refractivity contribution < 1.29 is 4.79 Å². The van der Waals surface area contributed by atoms with Crippen molar-refractivity contribution >= 4 is 40.9 Å². The van der Waals surface area contributed by atoms with E-state index < -0.39 is 0 Å². The van der Waals surface area contributed by atoms with Gasteiger partial charge in [0.05, 0.1) is 14.9 Å². The molecule has 1 aliphatic rings. The molecule has 1 aromatic carbocycles. The predicted octanol–water partition coefficient (Wildman–Crippen LogP) is 2.95. The molecule has 0 bridgehead atoms. The summed E-state index contributed by atoms with van der Waals surface area (Å²) in [5.74, 6) is -0.0737. The van der Waals surface area contributed by atoms with Gasteiger partial charge in [-0.15, -0.1) is 0 Å². The molecule has 0 aromatic heterocycles. The Balaban J connectivity index is 2.21. The molecule has 0 spiro atoms. The highest BCUT2D eigenvalue weighted by atomic mass is 35.5. The van der Waals surface area contributed by atoms with Gasteiger partial charge in [-0.2, -0.15) is 5.26 Å². The van der Waals surface area contributed by atoms with Gasteiger partial charge < -0.3 is 9.80 Å². The largest absolute Gasteiger partial charge is 0.336 e. The predicted molar refractivity (Wildman–Crippen MR) is 81.3 cm³/mol. The number of likely N-dealkylation sites (N-methyl/N-ethyl adjacent to an activating group) is 1. The standard InChI is InChI=1S/C13H13Cl2N3OS/c1-17-2-4-18(5-3-17)13(19)9-6-10(14)12(20-8-16)11(15)7-9/h6-7H,2-5H2,1H3. The summed E-state index contributed by atoms with van der Waals surface area (Å²) in [5.41, 5.74) is 0.465. The van der Waals surface area contributed by atoms with Crippen LogP contribution < -0.4 is 0 Å². The number of thiocyanates is 1. The second-order valence-corrected chi connectivity index (χ2v) is 6.17. The number of carbonyl (C=O) groups excluding carboxylic acids is 1. The van der Waals surface area contributed by atoms with E-state index in [0.717, 1.165) is 24.9 Å². The Hall–Kier alpha value is -0.930. The lowest BCUT2D eigenvalue weighted by molar-refractivity contribution is 0.0664. The lowest BCUT2D eigenvalue weighted by Gasteiger charge is -2.32. The molecule has 1 aliphatic heterocycles. The summed E-state index contributed by atoms with van der Waals surface area (Å²) in [7, 11) is 2.03. The molecule has 1 aromatic rings. The number of hydrogen-bond acceptors (Lipinski definition) is 4. The third-order valence-corrected chi connectivity index (χ3v) is 4.74. The molecule has 1 heterocycles. The van der Waals surface area contributed by atoms with Gasteiger partial charge in [0.2, 0.25) is 0 Å². The zero-order chi connectivity index (χ0) is 14.7. The molecule has 0 radical (unpaired) electrons. The van der Waals surface area contributed by atoms with Crippen LogP contribution in [0.2, 0.25) is 10.0 Å². The van der Waals surface area contributed by atoms with Gasteiger partial charge in [-0.25, -0.2) is 0 Å². The van der Waals surface area contributed by atoms with E-state index in [1.165, 1.54) is 0 Å². The van der Waals surface area contributed by atoms with E-state index in [4.69, 9.17) is 28.5 Å². The Morgan fingerprint density at radius 1 is 1.25 bits per heavy atom. The van der Waals surface area contributed by atoms with Crippen molar-refractivity contribution in [1.82, 2.24) is 9.80 Å². The molecule has 1 saturated heterocycles. The van der Waals surface area contributed by atoms with E-state index in [1.807, 2.05) is 12.4 Å². The summed E-state index contributed by atoms with van der Waals surface area (Å²) in [6.45, 7) is 3.10. The highest BCUT2D eigenvalue weighted by molar-refractivity contribution is 8.04. The Labute approximate surface area is 132 Å². The fourth-order valence-electron chi connectivity index (χ4n) is 2.02.